The highest BCUT2D eigenvalue weighted by atomic mass is 16.5. The summed E-state index contributed by atoms with van der Waals surface area (Å²) in [5.74, 6) is 0.840. The summed E-state index contributed by atoms with van der Waals surface area (Å²) in [6.45, 7) is 0. The largest absolute Gasteiger partial charge is 0.497 e. The van der Waals surface area contributed by atoms with Crippen LogP contribution in [-0.2, 0) is 5.60 Å². The Labute approximate surface area is 115 Å². The van der Waals surface area contributed by atoms with E-state index < -0.39 is 5.60 Å². The normalized spacial score (nSPS) is 24.5. The Morgan fingerprint density at radius 1 is 1.00 bits per heavy atom. The van der Waals surface area contributed by atoms with Crippen LogP contribution in [0.5, 0.6) is 5.75 Å². The first kappa shape index (κ1) is 13.0. The van der Waals surface area contributed by atoms with Crippen LogP contribution in [0.15, 0.2) is 24.3 Å². The lowest BCUT2D eigenvalue weighted by Crippen LogP contribution is -2.35. The molecule has 0 bridgehead atoms. The Morgan fingerprint density at radius 2 is 1.68 bits per heavy atom. The highest BCUT2D eigenvalue weighted by molar-refractivity contribution is 5.32. The molecule has 2 fully saturated rings. The number of aliphatic hydroxyl groups is 1. The molecule has 2 aliphatic carbocycles. The number of methoxy groups -OCH3 is 1. The van der Waals surface area contributed by atoms with E-state index in [2.05, 4.69) is 0 Å². The van der Waals surface area contributed by atoms with E-state index in [-0.39, 0.29) is 0 Å². The van der Waals surface area contributed by atoms with E-state index in [4.69, 9.17) is 4.74 Å². The van der Waals surface area contributed by atoms with Gasteiger partial charge in [0.2, 0.25) is 0 Å². The molecule has 0 radical (unpaired) electrons. The lowest BCUT2D eigenvalue weighted by Gasteiger charge is -2.42. The quantitative estimate of drug-likeness (QED) is 0.870. The lowest BCUT2D eigenvalue weighted by molar-refractivity contribution is -0.0377. The second-order valence-electron chi connectivity index (χ2n) is 6.47. The van der Waals surface area contributed by atoms with Crippen molar-refractivity contribution in [2.24, 2.45) is 5.41 Å². The predicted octanol–water partition coefficient (Wildman–Crippen LogP) is 4.02. The molecule has 1 aromatic rings. The fourth-order valence-electron chi connectivity index (χ4n) is 4.02. The molecular formula is C17H24O2. The van der Waals surface area contributed by atoms with E-state index in [0.717, 1.165) is 24.2 Å². The van der Waals surface area contributed by atoms with Gasteiger partial charge in [0.25, 0.3) is 0 Å². The molecule has 104 valence electrons. The third kappa shape index (κ3) is 2.38. The number of hydrogen-bond donors (Lipinski definition) is 1. The number of hydrogen-bond acceptors (Lipinski definition) is 2. The van der Waals surface area contributed by atoms with Gasteiger partial charge in [0, 0.05) is 0 Å². The number of benzene rings is 1. The van der Waals surface area contributed by atoms with Crippen molar-refractivity contribution in [1.29, 1.82) is 0 Å². The van der Waals surface area contributed by atoms with Gasteiger partial charge in [0.15, 0.2) is 0 Å². The van der Waals surface area contributed by atoms with Crippen LogP contribution >= 0.6 is 0 Å². The second-order valence-corrected chi connectivity index (χ2v) is 6.47. The first-order valence-electron chi connectivity index (χ1n) is 7.53. The molecule has 0 unspecified atom stereocenters. The average Bonchev–Trinajstić information content (AvgIpc) is 2.92. The lowest BCUT2D eigenvalue weighted by atomic mass is 9.66. The summed E-state index contributed by atoms with van der Waals surface area (Å²) in [5.41, 5.74) is 0.952. The number of ether oxygens (including phenoxy) is 1. The average molecular weight is 260 g/mol. The molecule has 3 rings (SSSR count). The summed E-state index contributed by atoms with van der Waals surface area (Å²) in [6, 6.07) is 7.95. The van der Waals surface area contributed by atoms with Crippen molar-refractivity contribution in [3.63, 3.8) is 0 Å². The van der Waals surface area contributed by atoms with Crippen LogP contribution in [0.3, 0.4) is 0 Å². The van der Waals surface area contributed by atoms with E-state index in [1.807, 2.05) is 24.3 Å². The third-order valence-electron chi connectivity index (χ3n) is 5.41. The van der Waals surface area contributed by atoms with E-state index in [1.165, 1.54) is 38.5 Å². The maximum absolute atomic E-state index is 11.0. The van der Waals surface area contributed by atoms with Gasteiger partial charge in [-0.2, -0.15) is 0 Å². The zero-order valence-electron chi connectivity index (χ0n) is 11.8. The molecule has 1 spiro atoms. The van der Waals surface area contributed by atoms with Crippen molar-refractivity contribution in [3.8, 4) is 5.75 Å². The monoisotopic (exact) mass is 260 g/mol. The summed E-state index contributed by atoms with van der Waals surface area (Å²) in [4.78, 5) is 0. The van der Waals surface area contributed by atoms with Crippen LogP contribution in [0.1, 0.15) is 56.9 Å². The highest BCUT2D eigenvalue weighted by Gasteiger charge is 2.43. The number of rotatable bonds is 2. The summed E-state index contributed by atoms with van der Waals surface area (Å²) in [5, 5.41) is 11.0. The molecule has 1 N–H and O–H groups in total. The van der Waals surface area contributed by atoms with E-state index in [9.17, 15) is 5.11 Å². The van der Waals surface area contributed by atoms with Gasteiger partial charge in [-0.3, -0.25) is 0 Å². The molecule has 0 aromatic heterocycles. The minimum Gasteiger partial charge on any atom is -0.497 e. The maximum Gasteiger partial charge on any atom is 0.119 e. The van der Waals surface area contributed by atoms with Crippen molar-refractivity contribution < 1.29 is 9.84 Å². The molecule has 2 saturated carbocycles. The summed E-state index contributed by atoms with van der Waals surface area (Å²) < 4.78 is 5.27. The topological polar surface area (TPSA) is 29.5 Å². The molecule has 1 aromatic carbocycles. The van der Waals surface area contributed by atoms with Gasteiger partial charge in [-0.05, 0) is 61.6 Å². The fraction of sp³-hybridized carbons (Fsp3) is 0.647. The smallest absolute Gasteiger partial charge is 0.119 e. The van der Waals surface area contributed by atoms with Crippen molar-refractivity contribution in [3.05, 3.63) is 29.8 Å². The third-order valence-corrected chi connectivity index (χ3v) is 5.41. The molecule has 2 heteroatoms. The van der Waals surface area contributed by atoms with E-state index >= 15 is 0 Å². The van der Waals surface area contributed by atoms with E-state index in [1.54, 1.807) is 7.11 Å². The van der Waals surface area contributed by atoms with Crippen LogP contribution < -0.4 is 4.74 Å². The molecule has 0 saturated heterocycles. The Morgan fingerprint density at radius 3 is 2.32 bits per heavy atom. The van der Waals surface area contributed by atoms with Crippen molar-refractivity contribution in [1.82, 2.24) is 0 Å². The van der Waals surface area contributed by atoms with Gasteiger partial charge in [-0.15, -0.1) is 0 Å². The minimum atomic E-state index is -0.637. The Bertz CT molecular complexity index is 436. The van der Waals surface area contributed by atoms with Gasteiger partial charge < -0.3 is 9.84 Å². The Kier molecular flexibility index (Phi) is 3.30. The molecule has 0 heterocycles. The van der Waals surface area contributed by atoms with Crippen molar-refractivity contribution in [2.75, 3.05) is 7.11 Å². The predicted molar refractivity (Wildman–Crippen MR) is 76.3 cm³/mol. The SMILES string of the molecule is COc1cccc(C2(O)CCC3(CCCC3)CC2)c1. The van der Waals surface area contributed by atoms with Crippen LogP contribution in [0.25, 0.3) is 0 Å². The molecule has 2 nitrogen and oxygen atoms in total. The first-order valence-corrected chi connectivity index (χ1v) is 7.53. The van der Waals surface area contributed by atoms with Crippen LogP contribution in [0.2, 0.25) is 0 Å². The van der Waals surface area contributed by atoms with Gasteiger partial charge in [0.1, 0.15) is 5.75 Å². The first-order chi connectivity index (χ1) is 9.16. The van der Waals surface area contributed by atoms with Gasteiger partial charge >= 0.3 is 0 Å². The molecule has 2 aliphatic rings. The van der Waals surface area contributed by atoms with Gasteiger partial charge in [-0.25, -0.2) is 0 Å². The highest BCUT2D eigenvalue weighted by Crippen LogP contribution is 2.53. The zero-order chi connectivity index (χ0) is 13.3. The molecular weight excluding hydrogens is 236 g/mol. The summed E-state index contributed by atoms with van der Waals surface area (Å²) in [7, 11) is 1.68. The Hall–Kier alpha value is -1.02. The zero-order valence-corrected chi connectivity index (χ0v) is 11.8. The maximum atomic E-state index is 11.0. The van der Waals surface area contributed by atoms with Crippen LogP contribution in [0.4, 0.5) is 0 Å². The van der Waals surface area contributed by atoms with Gasteiger partial charge in [-0.1, -0.05) is 25.0 Å². The fourth-order valence-corrected chi connectivity index (χ4v) is 4.02. The van der Waals surface area contributed by atoms with Crippen LogP contribution in [-0.4, -0.2) is 12.2 Å². The summed E-state index contributed by atoms with van der Waals surface area (Å²) >= 11 is 0. The molecule has 19 heavy (non-hydrogen) atoms. The summed E-state index contributed by atoms with van der Waals surface area (Å²) in [6.07, 6.45) is 9.69. The van der Waals surface area contributed by atoms with Gasteiger partial charge in [0.05, 0.1) is 12.7 Å². The van der Waals surface area contributed by atoms with Crippen molar-refractivity contribution >= 4 is 0 Å². The Balaban J connectivity index is 1.77. The van der Waals surface area contributed by atoms with Crippen LogP contribution in [0, 0.1) is 5.41 Å². The molecule has 0 aliphatic heterocycles. The van der Waals surface area contributed by atoms with E-state index in [0.29, 0.717) is 5.41 Å². The minimum absolute atomic E-state index is 0.561. The molecule has 0 amide bonds. The second kappa shape index (κ2) is 4.82. The standard InChI is InChI=1S/C17H24O2/c1-19-15-6-4-5-14(13-15)17(18)11-9-16(10-12-17)7-2-3-8-16/h4-6,13,18H,2-3,7-12H2,1H3. The molecule has 0 atom stereocenters. The van der Waals surface area contributed by atoms with Crippen molar-refractivity contribution in [2.45, 2.75) is 57.0 Å².